The van der Waals surface area contributed by atoms with Crippen molar-refractivity contribution in [3.05, 3.63) is 92.2 Å². The molecule has 0 fully saturated rings. The minimum Gasteiger partial charge on any atom is -0.334 e. The molecule has 0 saturated heterocycles. The minimum atomic E-state index is -0.332. The first-order valence-electron chi connectivity index (χ1n) is 8.38. The fourth-order valence-electron chi connectivity index (χ4n) is 3.77. The summed E-state index contributed by atoms with van der Waals surface area (Å²) in [4.78, 5) is 26.0. The van der Waals surface area contributed by atoms with Gasteiger partial charge in [-0.05, 0) is 42.0 Å². The van der Waals surface area contributed by atoms with E-state index >= 15 is 0 Å². The summed E-state index contributed by atoms with van der Waals surface area (Å²) in [5, 5.41) is 1.33. The Bertz CT molecular complexity index is 1320. The molecule has 27 heavy (non-hydrogen) atoms. The molecule has 4 nitrogen and oxygen atoms in total. The molecule has 0 saturated carbocycles. The molecule has 0 unspecified atom stereocenters. The molecule has 6 heteroatoms. The Hall–Kier alpha value is -2.82. The highest BCUT2D eigenvalue weighted by molar-refractivity contribution is 6.35. The van der Waals surface area contributed by atoms with Crippen molar-refractivity contribution in [2.75, 3.05) is 0 Å². The van der Waals surface area contributed by atoms with Crippen LogP contribution in [0.5, 0.6) is 0 Å². The lowest BCUT2D eigenvalue weighted by Crippen LogP contribution is -2.20. The predicted octanol–water partition coefficient (Wildman–Crippen LogP) is 4.83. The van der Waals surface area contributed by atoms with Crippen LogP contribution in [0.3, 0.4) is 0 Å². The Morgan fingerprint density at radius 2 is 1.74 bits per heavy atom. The minimum absolute atomic E-state index is 0.160. The average Bonchev–Trinajstić information content (AvgIpc) is 3.21. The van der Waals surface area contributed by atoms with Crippen molar-refractivity contribution in [2.24, 2.45) is 0 Å². The molecule has 2 aromatic carbocycles. The van der Waals surface area contributed by atoms with Gasteiger partial charge in [0.1, 0.15) is 5.56 Å². The second-order valence-corrected chi connectivity index (χ2v) is 7.31. The molecule has 0 atom stereocenters. The quantitative estimate of drug-likeness (QED) is 0.430. The molecule has 0 N–H and O–H groups in total. The third kappa shape index (κ3) is 2.30. The first-order valence-corrected chi connectivity index (χ1v) is 9.14. The summed E-state index contributed by atoms with van der Waals surface area (Å²) in [5.41, 5.74) is 2.80. The Kier molecular flexibility index (Phi) is 3.54. The summed E-state index contributed by atoms with van der Waals surface area (Å²) in [6.07, 6.45) is 1.67. The van der Waals surface area contributed by atoms with Crippen molar-refractivity contribution in [1.29, 1.82) is 0 Å². The molecule has 4 aromatic rings. The van der Waals surface area contributed by atoms with Gasteiger partial charge in [0.15, 0.2) is 0 Å². The highest BCUT2D eigenvalue weighted by Gasteiger charge is 2.33. The van der Waals surface area contributed by atoms with Crippen LogP contribution in [0.25, 0.3) is 22.3 Å². The SMILES string of the molecule is O=C1c2c(n(Cc3cccc(Cl)c3)c3cccc(Cl)c3c2=O)-c2cccn21. The van der Waals surface area contributed by atoms with E-state index in [1.54, 1.807) is 24.4 Å². The largest absolute Gasteiger partial charge is 0.334 e. The van der Waals surface area contributed by atoms with Crippen molar-refractivity contribution in [2.45, 2.75) is 6.54 Å². The zero-order chi connectivity index (χ0) is 18.7. The maximum atomic E-state index is 13.1. The molecule has 1 aliphatic rings. The summed E-state index contributed by atoms with van der Waals surface area (Å²) < 4.78 is 3.48. The maximum absolute atomic E-state index is 13.1. The summed E-state index contributed by atoms with van der Waals surface area (Å²) in [6, 6.07) is 16.5. The van der Waals surface area contributed by atoms with Crippen molar-refractivity contribution in [3.8, 4) is 11.4 Å². The predicted molar refractivity (Wildman–Crippen MR) is 107 cm³/mol. The molecule has 0 spiro atoms. The van der Waals surface area contributed by atoms with Gasteiger partial charge in [-0.2, -0.15) is 0 Å². The first-order chi connectivity index (χ1) is 13.1. The molecule has 0 radical (unpaired) electrons. The van der Waals surface area contributed by atoms with Gasteiger partial charge in [0.25, 0.3) is 5.91 Å². The van der Waals surface area contributed by atoms with Crippen LogP contribution in [0.2, 0.25) is 10.0 Å². The number of carbonyl (C=O) groups is 1. The van der Waals surface area contributed by atoms with E-state index in [0.29, 0.717) is 38.9 Å². The van der Waals surface area contributed by atoms with Gasteiger partial charge in [0.2, 0.25) is 5.43 Å². The van der Waals surface area contributed by atoms with Gasteiger partial charge >= 0.3 is 0 Å². The molecule has 2 aromatic heterocycles. The molecule has 0 aliphatic carbocycles. The smallest absolute Gasteiger partial charge is 0.268 e. The van der Waals surface area contributed by atoms with Crippen molar-refractivity contribution in [1.82, 2.24) is 9.13 Å². The second-order valence-electron chi connectivity index (χ2n) is 6.47. The molecule has 0 bridgehead atoms. The number of halogens is 2. The van der Waals surface area contributed by atoms with Crippen LogP contribution in [0.15, 0.2) is 65.6 Å². The molecule has 132 valence electrons. The average molecular weight is 395 g/mol. The topological polar surface area (TPSA) is 44.0 Å². The lowest BCUT2D eigenvalue weighted by molar-refractivity contribution is 0.0968. The number of nitrogens with zero attached hydrogens (tertiary/aromatic N) is 2. The summed E-state index contributed by atoms with van der Waals surface area (Å²) in [5.74, 6) is -0.323. The fourth-order valence-corrected chi connectivity index (χ4v) is 4.24. The van der Waals surface area contributed by atoms with Crippen molar-refractivity contribution in [3.63, 3.8) is 0 Å². The third-order valence-corrected chi connectivity index (χ3v) is 5.45. The molecular weight excluding hydrogens is 383 g/mol. The van der Waals surface area contributed by atoms with Crippen molar-refractivity contribution < 1.29 is 4.79 Å². The van der Waals surface area contributed by atoms with E-state index in [1.165, 1.54) is 4.57 Å². The Balaban J connectivity index is 1.91. The van der Waals surface area contributed by atoms with Crippen LogP contribution < -0.4 is 5.43 Å². The number of benzene rings is 2. The molecule has 3 heterocycles. The van der Waals surface area contributed by atoms with Gasteiger partial charge in [-0.1, -0.05) is 41.4 Å². The van der Waals surface area contributed by atoms with Crippen LogP contribution in [0.1, 0.15) is 15.9 Å². The van der Waals surface area contributed by atoms with Gasteiger partial charge in [-0.15, -0.1) is 0 Å². The van der Waals surface area contributed by atoms with E-state index in [-0.39, 0.29) is 16.9 Å². The van der Waals surface area contributed by atoms with Gasteiger partial charge in [0.05, 0.1) is 27.3 Å². The Labute approximate surface area is 164 Å². The van der Waals surface area contributed by atoms with Gasteiger partial charge in [-0.3, -0.25) is 14.2 Å². The van der Waals surface area contributed by atoms with Gasteiger partial charge < -0.3 is 4.57 Å². The Morgan fingerprint density at radius 3 is 2.56 bits per heavy atom. The lowest BCUT2D eigenvalue weighted by Gasteiger charge is -2.17. The second kappa shape index (κ2) is 5.84. The number of aromatic nitrogens is 2. The molecular formula is C21H12Cl2N2O2. The van der Waals surface area contributed by atoms with E-state index in [1.807, 2.05) is 41.0 Å². The third-order valence-electron chi connectivity index (χ3n) is 4.90. The molecule has 5 rings (SSSR count). The van der Waals surface area contributed by atoms with Crippen LogP contribution in [-0.4, -0.2) is 15.0 Å². The fraction of sp³-hybridized carbons (Fsp3) is 0.0476. The van der Waals surface area contributed by atoms with E-state index in [9.17, 15) is 9.59 Å². The Morgan fingerprint density at radius 1 is 0.926 bits per heavy atom. The van der Waals surface area contributed by atoms with E-state index in [2.05, 4.69) is 0 Å². The van der Waals surface area contributed by atoms with Crippen LogP contribution >= 0.6 is 23.2 Å². The van der Waals surface area contributed by atoms with Crippen LogP contribution in [0, 0.1) is 0 Å². The first kappa shape index (κ1) is 16.4. The maximum Gasteiger partial charge on any atom is 0.268 e. The monoisotopic (exact) mass is 394 g/mol. The van der Waals surface area contributed by atoms with Gasteiger partial charge in [-0.25, -0.2) is 0 Å². The molecule has 1 aliphatic heterocycles. The lowest BCUT2D eigenvalue weighted by atomic mass is 10.1. The number of carbonyl (C=O) groups excluding carboxylic acids is 1. The standard InChI is InChI=1S/C21H12Cl2N2O2/c22-13-5-1-4-12(10-13)11-25-15-7-2-6-14(23)17(15)20(26)18-19(25)16-8-3-9-24(16)21(18)27/h1-10H,11H2. The van der Waals surface area contributed by atoms with Crippen molar-refractivity contribution >= 4 is 40.0 Å². The molecule has 0 amide bonds. The van der Waals surface area contributed by atoms with Gasteiger partial charge in [0, 0.05) is 17.8 Å². The normalized spacial score (nSPS) is 12.4. The number of pyridine rings is 1. The summed E-state index contributed by atoms with van der Waals surface area (Å²) in [6.45, 7) is 0.457. The van der Waals surface area contributed by atoms with Crippen LogP contribution in [-0.2, 0) is 6.54 Å². The number of fused-ring (bicyclic) bond motifs is 4. The number of hydrogen-bond acceptors (Lipinski definition) is 2. The highest BCUT2D eigenvalue weighted by atomic mass is 35.5. The highest BCUT2D eigenvalue weighted by Crippen LogP contribution is 2.35. The van der Waals surface area contributed by atoms with E-state index in [4.69, 9.17) is 23.2 Å². The summed E-state index contributed by atoms with van der Waals surface area (Å²) in [7, 11) is 0. The number of hydrogen-bond donors (Lipinski definition) is 0. The zero-order valence-electron chi connectivity index (χ0n) is 13.9. The van der Waals surface area contributed by atoms with Crippen LogP contribution in [0.4, 0.5) is 0 Å². The number of rotatable bonds is 2. The zero-order valence-corrected chi connectivity index (χ0v) is 15.5. The summed E-state index contributed by atoms with van der Waals surface area (Å²) >= 11 is 12.5. The van der Waals surface area contributed by atoms with E-state index < -0.39 is 0 Å². The van der Waals surface area contributed by atoms with E-state index in [0.717, 1.165) is 5.56 Å².